The minimum absolute atomic E-state index is 0.661. The Kier molecular flexibility index (Phi) is 4.02. The summed E-state index contributed by atoms with van der Waals surface area (Å²) in [7, 11) is 1.84. The molecule has 1 N–H and O–H groups in total. The average Bonchev–Trinajstić information content (AvgIpc) is 2.42. The van der Waals surface area contributed by atoms with E-state index in [2.05, 4.69) is 10.3 Å². The zero-order chi connectivity index (χ0) is 12.8. The summed E-state index contributed by atoms with van der Waals surface area (Å²) in [6.07, 6.45) is 3.42. The van der Waals surface area contributed by atoms with Gasteiger partial charge in [-0.25, -0.2) is 0 Å². The highest BCUT2D eigenvalue weighted by molar-refractivity contribution is 5.45. The maximum absolute atomic E-state index is 5.70. The fourth-order valence-electron chi connectivity index (χ4n) is 1.52. The molecule has 0 amide bonds. The van der Waals surface area contributed by atoms with Crippen LogP contribution in [0.25, 0.3) is 0 Å². The van der Waals surface area contributed by atoms with E-state index in [1.54, 1.807) is 12.4 Å². The van der Waals surface area contributed by atoms with Gasteiger partial charge in [-0.1, -0.05) is 0 Å². The molecule has 4 heteroatoms. The molecule has 4 nitrogen and oxygen atoms in total. The second-order valence-electron chi connectivity index (χ2n) is 3.67. The van der Waals surface area contributed by atoms with Gasteiger partial charge < -0.3 is 14.8 Å². The van der Waals surface area contributed by atoms with Crippen molar-refractivity contribution in [1.29, 1.82) is 0 Å². The van der Waals surface area contributed by atoms with Gasteiger partial charge in [-0.2, -0.15) is 0 Å². The molecule has 0 aliphatic carbocycles. The number of hydrogen-bond donors (Lipinski definition) is 1. The molecule has 18 heavy (non-hydrogen) atoms. The Morgan fingerprint density at radius 3 is 2.44 bits per heavy atom. The molecule has 0 aliphatic heterocycles. The molecule has 1 aromatic carbocycles. The number of rotatable bonds is 5. The van der Waals surface area contributed by atoms with Crippen molar-refractivity contribution in [3.63, 3.8) is 0 Å². The van der Waals surface area contributed by atoms with E-state index in [4.69, 9.17) is 9.47 Å². The van der Waals surface area contributed by atoms with Gasteiger partial charge >= 0.3 is 0 Å². The number of hydrogen-bond acceptors (Lipinski definition) is 4. The molecule has 0 spiro atoms. The van der Waals surface area contributed by atoms with Crippen LogP contribution in [0.5, 0.6) is 17.2 Å². The van der Waals surface area contributed by atoms with Gasteiger partial charge in [-0.05, 0) is 31.2 Å². The summed E-state index contributed by atoms with van der Waals surface area (Å²) in [4.78, 5) is 4.09. The van der Waals surface area contributed by atoms with Crippen LogP contribution in [0.1, 0.15) is 6.92 Å². The van der Waals surface area contributed by atoms with Crippen LogP contribution in [-0.4, -0.2) is 18.6 Å². The summed E-state index contributed by atoms with van der Waals surface area (Å²) in [6, 6.07) is 9.40. The molecular weight excluding hydrogens is 228 g/mol. The number of nitrogens with one attached hydrogen (secondary N) is 1. The second kappa shape index (κ2) is 5.91. The summed E-state index contributed by atoms with van der Waals surface area (Å²) in [5, 5.41) is 3.02. The summed E-state index contributed by atoms with van der Waals surface area (Å²) >= 11 is 0. The molecule has 0 atom stereocenters. The van der Waals surface area contributed by atoms with Crippen LogP contribution in [-0.2, 0) is 0 Å². The van der Waals surface area contributed by atoms with E-state index in [1.807, 2.05) is 44.3 Å². The zero-order valence-electron chi connectivity index (χ0n) is 10.5. The lowest BCUT2D eigenvalue weighted by Crippen LogP contribution is -1.92. The lowest BCUT2D eigenvalue weighted by molar-refractivity contribution is 0.339. The van der Waals surface area contributed by atoms with Crippen LogP contribution in [0.15, 0.2) is 42.7 Å². The van der Waals surface area contributed by atoms with Gasteiger partial charge in [0, 0.05) is 13.1 Å². The predicted octanol–water partition coefficient (Wildman–Crippen LogP) is 3.31. The van der Waals surface area contributed by atoms with Gasteiger partial charge in [0.25, 0.3) is 0 Å². The highest BCUT2D eigenvalue weighted by atomic mass is 16.5. The maximum atomic E-state index is 5.70. The van der Waals surface area contributed by atoms with Crippen LogP contribution in [0.3, 0.4) is 0 Å². The molecule has 94 valence electrons. The van der Waals surface area contributed by atoms with Crippen molar-refractivity contribution in [2.24, 2.45) is 0 Å². The van der Waals surface area contributed by atoms with E-state index in [1.165, 1.54) is 0 Å². The largest absolute Gasteiger partial charge is 0.494 e. The average molecular weight is 244 g/mol. The fourth-order valence-corrected chi connectivity index (χ4v) is 1.52. The van der Waals surface area contributed by atoms with E-state index < -0.39 is 0 Å². The van der Waals surface area contributed by atoms with Crippen LogP contribution < -0.4 is 14.8 Å². The van der Waals surface area contributed by atoms with Crippen LogP contribution >= 0.6 is 0 Å². The third kappa shape index (κ3) is 3.13. The number of benzene rings is 1. The summed E-state index contributed by atoms with van der Waals surface area (Å²) < 4.78 is 11.1. The highest BCUT2D eigenvalue weighted by Crippen LogP contribution is 2.24. The van der Waals surface area contributed by atoms with Gasteiger partial charge in [0.05, 0.1) is 24.7 Å². The number of ether oxygens (including phenoxy) is 2. The van der Waals surface area contributed by atoms with E-state index in [-0.39, 0.29) is 0 Å². The lowest BCUT2D eigenvalue weighted by Gasteiger charge is -2.08. The first kappa shape index (κ1) is 12.2. The lowest BCUT2D eigenvalue weighted by atomic mass is 10.3. The third-order valence-corrected chi connectivity index (χ3v) is 2.37. The van der Waals surface area contributed by atoms with E-state index in [0.717, 1.165) is 17.2 Å². The molecule has 0 radical (unpaired) electrons. The molecule has 0 fully saturated rings. The topological polar surface area (TPSA) is 43.4 Å². The minimum atomic E-state index is 0.661. The monoisotopic (exact) mass is 244 g/mol. The molecule has 0 bridgehead atoms. The van der Waals surface area contributed by atoms with Crippen molar-refractivity contribution in [1.82, 2.24) is 4.98 Å². The van der Waals surface area contributed by atoms with Gasteiger partial charge in [0.2, 0.25) is 0 Å². The van der Waals surface area contributed by atoms with E-state index in [0.29, 0.717) is 12.4 Å². The molecule has 2 rings (SSSR count). The van der Waals surface area contributed by atoms with Crippen molar-refractivity contribution >= 4 is 5.69 Å². The van der Waals surface area contributed by atoms with Crippen LogP contribution in [0.4, 0.5) is 5.69 Å². The highest BCUT2D eigenvalue weighted by Gasteiger charge is 2.00. The molecule has 0 saturated carbocycles. The molecule has 2 aromatic rings. The first-order chi connectivity index (χ1) is 8.81. The van der Waals surface area contributed by atoms with Crippen molar-refractivity contribution in [2.75, 3.05) is 19.0 Å². The van der Waals surface area contributed by atoms with E-state index in [9.17, 15) is 0 Å². The standard InChI is InChI=1S/C14H16N2O2/c1-3-17-12-4-6-13(7-5-12)18-14-8-11(15-2)9-16-10-14/h4-10,15H,3H2,1-2H3. The predicted molar refractivity (Wildman–Crippen MR) is 71.5 cm³/mol. The molecule has 1 aromatic heterocycles. The van der Waals surface area contributed by atoms with Crippen molar-refractivity contribution in [3.8, 4) is 17.2 Å². The molecule has 0 saturated heterocycles. The Morgan fingerprint density at radius 2 is 1.78 bits per heavy atom. The first-order valence-corrected chi connectivity index (χ1v) is 5.85. The third-order valence-electron chi connectivity index (χ3n) is 2.37. The molecule has 0 aliphatic rings. The number of aromatic nitrogens is 1. The quantitative estimate of drug-likeness (QED) is 0.876. The SMILES string of the molecule is CCOc1ccc(Oc2cncc(NC)c2)cc1. The van der Waals surface area contributed by atoms with Crippen LogP contribution in [0, 0.1) is 0 Å². The summed E-state index contributed by atoms with van der Waals surface area (Å²) in [6.45, 7) is 2.62. The minimum Gasteiger partial charge on any atom is -0.494 e. The van der Waals surface area contributed by atoms with Gasteiger partial charge in [0.1, 0.15) is 17.2 Å². The normalized spacial score (nSPS) is 9.89. The fraction of sp³-hybridized carbons (Fsp3) is 0.214. The van der Waals surface area contributed by atoms with E-state index >= 15 is 0 Å². The van der Waals surface area contributed by atoms with Crippen molar-refractivity contribution < 1.29 is 9.47 Å². The summed E-state index contributed by atoms with van der Waals surface area (Å²) in [5.74, 6) is 2.30. The maximum Gasteiger partial charge on any atom is 0.147 e. The Morgan fingerprint density at radius 1 is 1.06 bits per heavy atom. The van der Waals surface area contributed by atoms with Gasteiger partial charge in [-0.3, -0.25) is 4.98 Å². The zero-order valence-corrected chi connectivity index (χ0v) is 10.5. The second-order valence-corrected chi connectivity index (χ2v) is 3.67. The molecule has 1 heterocycles. The molecular formula is C14H16N2O2. The van der Waals surface area contributed by atoms with Crippen LogP contribution in [0.2, 0.25) is 0 Å². The van der Waals surface area contributed by atoms with Crippen molar-refractivity contribution in [2.45, 2.75) is 6.92 Å². The van der Waals surface area contributed by atoms with Crippen molar-refractivity contribution in [3.05, 3.63) is 42.7 Å². The number of nitrogens with zero attached hydrogens (tertiary/aromatic N) is 1. The number of pyridine rings is 1. The van der Waals surface area contributed by atoms with Gasteiger partial charge in [-0.15, -0.1) is 0 Å². The summed E-state index contributed by atoms with van der Waals surface area (Å²) in [5.41, 5.74) is 0.915. The number of anilines is 1. The molecule has 0 unspecified atom stereocenters. The van der Waals surface area contributed by atoms with Gasteiger partial charge in [0.15, 0.2) is 0 Å². The Labute approximate surface area is 107 Å². The Hall–Kier alpha value is -2.23. The Bertz CT molecular complexity index is 497. The Balaban J connectivity index is 2.08. The smallest absolute Gasteiger partial charge is 0.147 e. The first-order valence-electron chi connectivity index (χ1n) is 5.85.